The molecule has 2 aliphatic rings. The Hall–Kier alpha value is -3.14. The maximum Gasteiger partial charge on any atom is 0.202 e. The lowest BCUT2D eigenvalue weighted by Gasteiger charge is -2.15. The summed E-state index contributed by atoms with van der Waals surface area (Å²) in [6.07, 6.45) is 0. The molecule has 3 nitrogen and oxygen atoms in total. The van der Waals surface area contributed by atoms with Gasteiger partial charge in [0.15, 0.2) is 0 Å². The van der Waals surface area contributed by atoms with Gasteiger partial charge in [-0.3, -0.25) is 0 Å². The van der Waals surface area contributed by atoms with E-state index < -0.39 is 0 Å². The molecule has 2 aromatic rings. The molecule has 4 rings (SSSR count). The van der Waals surface area contributed by atoms with E-state index in [-0.39, 0.29) is 5.82 Å². The molecule has 0 aromatic heterocycles. The second kappa shape index (κ2) is 6.06. The fourth-order valence-corrected chi connectivity index (χ4v) is 3.18. The predicted molar refractivity (Wildman–Crippen MR) is 97.3 cm³/mol. The number of fused-ring (bicyclic) bond motifs is 2. The molecule has 1 aliphatic carbocycles. The number of hydrogen-bond donors (Lipinski definition) is 2. The first-order valence-corrected chi connectivity index (χ1v) is 8.24. The van der Waals surface area contributed by atoms with E-state index in [1.807, 2.05) is 43.3 Å². The Morgan fingerprint density at radius 3 is 2.72 bits per heavy atom. The molecule has 0 saturated heterocycles. The first-order chi connectivity index (χ1) is 12.2. The molecular formula is C21H18FN2O+. The van der Waals surface area contributed by atoms with Gasteiger partial charge in [-0.25, -0.2) is 9.38 Å². The number of anilines is 1. The normalized spacial score (nSPS) is 12.2. The molecule has 0 saturated carbocycles. The molecule has 0 spiro atoms. The van der Waals surface area contributed by atoms with E-state index in [9.17, 15) is 4.39 Å². The Kier molecular flexibility index (Phi) is 3.73. The lowest BCUT2D eigenvalue weighted by Crippen LogP contribution is -2.75. The van der Waals surface area contributed by atoms with Crippen molar-refractivity contribution in [2.45, 2.75) is 6.92 Å². The van der Waals surface area contributed by atoms with E-state index in [2.05, 4.69) is 4.99 Å². The van der Waals surface area contributed by atoms with Crippen molar-refractivity contribution in [3.8, 4) is 22.5 Å². The monoisotopic (exact) mass is 333 g/mol. The number of nitrogen functional groups attached to an aromatic ring is 1. The zero-order valence-electron chi connectivity index (χ0n) is 13.8. The molecule has 1 heterocycles. The maximum atomic E-state index is 13.8. The van der Waals surface area contributed by atoms with E-state index in [0.29, 0.717) is 11.3 Å². The molecule has 0 radical (unpaired) electrons. The molecule has 0 bridgehead atoms. The molecule has 4 heteroatoms. The third kappa shape index (κ3) is 2.76. The van der Waals surface area contributed by atoms with Gasteiger partial charge >= 0.3 is 0 Å². The number of benzene rings is 3. The third-order valence-corrected chi connectivity index (χ3v) is 4.24. The highest BCUT2D eigenvalue weighted by Gasteiger charge is 2.18. The summed E-state index contributed by atoms with van der Waals surface area (Å²) in [6.45, 7) is 2.86. The summed E-state index contributed by atoms with van der Waals surface area (Å²) in [6, 6.07) is 18.2. The molecule has 1 aliphatic heterocycles. The second-order valence-corrected chi connectivity index (χ2v) is 5.98. The van der Waals surface area contributed by atoms with Crippen LogP contribution in [-0.4, -0.2) is 6.54 Å². The summed E-state index contributed by atoms with van der Waals surface area (Å²) >= 11 is 0. The van der Waals surface area contributed by atoms with Gasteiger partial charge < -0.3 is 10.2 Å². The first kappa shape index (κ1) is 15.4. The Morgan fingerprint density at radius 2 is 1.92 bits per heavy atom. The summed E-state index contributed by atoms with van der Waals surface area (Å²) < 4.78 is 19.9. The SMILES string of the molecule is CC[NH+]=c1ccc2c(-c3cccc(F)c3)c3ccc(N)cc3oc-2c1. The topological polar surface area (TPSA) is 53.1 Å². The van der Waals surface area contributed by atoms with Crippen LogP contribution in [0.1, 0.15) is 6.92 Å². The van der Waals surface area contributed by atoms with Gasteiger partial charge in [-0.15, -0.1) is 0 Å². The van der Waals surface area contributed by atoms with Crippen LogP contribution < -0.4 is 16.1 Å². The van der Waals surface area contributed by atoms with E-state index in [1.54, 1.807) is 18.2 Å². The lowest BCUT2D eigenvalue weighted by atomic mass is 9.93. The van der Waals surface area contributed by atoms with Crippen LogP contribution in [0.3, 0.4) is 0 Å². The average Bonchev–Trinajstić information content (AvgIpc) is 2.59. The molecule has 0 atom stereocenters. The summed E-state index contributed by atoms with van der Waals surface area (Å²) in [7, 11) is 0. The fraction of sp³-hybridized carbons (Fsp3) is 0.0952. The largest absolute Gasteiger partial charge is 0.456 e. The number of rotatable bonds is 2. The van der Waals surface area contributed by atoms with Crippen molar-refractivity contribution < 1.29 is 13.8 Å². The lowest BCUT2D eigenvalue weighted by molar-refractivity contribution is -0.496. The summed E-state index contributed by atoms with van der Waals surface area (Å²) in [5, 5.41) is 1.88. The Morgan fingerprint density at radius 1 is 1.04 bits per heavy atom. The van der Waals surface area contributed by atoms with Crippen molar-refractivity contribution in [2.75, 3.05) is 12.3 Å². The minimum Gasteiger partial charge on any atom is -0.456 e. The molecule has 0 fully saturated rings. The predicted octanol–water partition coefficient (Wildman–Crippen LogP) is 2.93. The minimum absolute atomic E-state index is 0.265. The Labute approximate surface area is 144 Å². The van der Waals surface area contributed by atoms with Crippen LogP contribution in [0, 0.1) is 5.82 Å². The van der Waals surface area contributed by atoms with Crippen molar-refractivity contribution in [1.82, 2.24) is 0 Å². The molecule has 0 unspecified atom stereocenters. The van der Waals surface area contributed by atoms with E-state index in [4.69, 9.17) is 10.2 Å². The zero-order chi connectivity index (χ0) is 17.4. The minimum atomic E-state index is -0.265. The van der Waals surface area contributed by atoms with E-state index >= 15 is 0 Å². The van der Waals surface area contributed by atoms with Crippen molar-refractivity contribution in [3.63, 3.8) is 0 Å². The van der Waals surface area contributed by atoms with Gasteiger partial charge in [0.25, 0.3) is 0 Å². The van der Waals surface area contributed by atoms with Crippen LogP contribution in [0.15, 0.2) is 65.1 Å². The summed E-state index contributed by atoms with van der Waals surface area (Å²) in [5.41, 5.74) is 9.93. The van der Waals surface area contributed by atoms with Crippen LogP contribution >= 0.6 is 0 Å². The maximum absolute atomic E-state index is 13.8. The molecule has 124 valence electrons. The zero-order valence-corrected chi connectivity index (χ0v) is 13.8. The van der Waals surface area contributed by atoms with Crippen LogP contribution in [-0.2, 0) is 0 Å². The van der Waals surface area contributed by atoms with Gasteiger partial charge in [-0.2, -0.15) is 0 Å². The Balaban J connectivity index is 2.15. The van der Waals surface area contributed by atoms with Gasteiger partial charge in [0.1, 0.15) is 23.7 Å². The van der Waals surface area contributed by atoms with Gasteiger partial charge in [-0.05, 0) is 42.8 Å². The van der Waals surface area contributed by atoms with Gasteiger partial charge in [-0.1, -0.05) is 12.1 Å². The third-order valence-electron chi connectivity index (χ3n) is 4.24. The van der Waals surface area contributed by atoms with Crippen molar-refractivity contribution in [3.05, 3.63) is 71.8 Å². The molecular weight excluding hydrogens is 315 g/mol. The van der Waals surface area contributed by atoms with Gasteiger partial charge in [0.2, 0.25) is 5.36 Å². The van der Waals surface area contributed by atoms with E-state index in [0.717, 1.165) is 39.7 Å². The van der Waals surface area contributed by atoms with Crippen molar-refractivity contribution in [1.29, 1.82) is 0 Å². The summed E-state index contributed by atoms with van der Waals surface area (Å²) in [5.74, 6) is 0.468. The highest BCUT2D eigenvalue weighted by atomic mass is 19.1. The van der Waals surface area contributed by atoms with Crippen LogP contribution in [0.2, 0.25) is 0 Å². The van der Waals surface area contributed by atoms with Crippen molar-refractivity contribution in [2.24, 2.45) is 0 Å². The van der Waals surface area contributed by atoms with Gasteiger partial charge in [0, 0.05) is 34.3 Å². The first-order valence-electron chi connectivity index (χ1n) is 8.24. The summed E-state index contributed by atoms with van der Waals surface area (Å²) in [4.78, 5) is 3.28. The molecule has 0 amide bonds. The number of hydrogen-bond acceptors (Lipinski definition) is 2. The molecule has 2 aromatic carbocycles. The number of halogens is 1. The molecule has 25 heavy (non-hydrogen) atoms. The number of nitrogens with two attached hydrogens (primary N) is 1. The standard InChI is InChI=1S/C21H17FN2O/c1-2-24-16-7-9-18-20(12-16)25-19-11-15(23)6-8-17(19)21(18)13-4-3-5-14(22)10-13/h3-12H,2,23H2,1H3/p+1. The second-order valence-electron chi connectivity index (χ2n) is 5.98. The molecule has 3 N–H and O–H groups in total. The fourth-order valence-electron chi connectivity index (χ4n) is 3.18. The Bertz CT molecular complexity index is 1110. The number of nitrogens with one attached hydrogen (secondary N) is 1. The smallest absolute Gasteiger partial charge is 0.202 e. The van der Waals surface area contributed by atoms with Crippen molar-refractivity contribution >= 4 is 16.7 Å². The highest BCUT2D eigenvalue weighted by molar-refractivity contribution is 6.02. The van der Waals surface area contributed by atoms with Gasteiger partial charge in [0.05, 0.1) is 6.07 Å². The van der Waals surface area contributed by atoms with Crippen LogP contribution in [0.5, 0.6) is 0 Å². The van der Waals surface area contributed by atoms with Crippen LogP contribution in [0.4, 0.5) is 10.1 Å². The van der Waals surface area contributed by atoms with Crippen LogP contribution in [0.25, 0.3) is 33.4 Å². The van der Waals surface area contributed by atoms with E-state index in [1.165, 1.54) is 6.07 Å². The highest BCUT2D eigenvalue weighted by Crippen LogP contribution is 2.40. The quantitative estimate of drug-likeness (QED) is 0.438. The average molecular weight is 333 g/mol.